The number of sulfonamides is 1. The van der Waals surface area contributed by atoms with Gasteiger partial charge in [0.1, 0.15) is 11.8 Å². The average molecular weight is 480 g/mol. The first-order valence-corrected chi connectivity index (χ1v) is 12.9. The third kappa shape index (κ3) is 5.86. The number of hydrogen-bond donors (Lipinski definition) is 1. The summed E-state index contributed by atoms with van der Waals surface area (Å²) in [4.78, 5) is 15.2. The van der Waals surface area contributed by atoms with Gasteiger partial charge < -0.3 is 15.0 Å². The lowest BCUT2D eigenvalue weighted by atomic mass is 10.1. The van der Waals surface area contributed by atoms with Crippen molar-refractivity contribution in [3.05, 3.63) is 53.1 Å². The van der Waals surface area contributed by atoms with Crippen LogP contribution < -0.4 is 19.3 Å². The van der Waals surface area contributed by atoms with E-state index >= 15 is 0 Å². The molecule has 1 fully saturated rings. The predicted molar refractivity (Wildman–Crippen MR) is 129 cm³/mol. The lowest BCUT2D eigenvalue weighted by Crippen LogP contribution is -2.47. The van der Waals surface area contributed by atoms with Gasteiger partial charge in [0.05, 0.1) is 24.1 Å². The van der Waals surface area contributed by atoms with Gasteiger partial charge in [-0.1, -0.05) is 23.7 Å². The number of piperidine rings is 1. The van der Waals surface area contributed by atoms with Crippen molar-refractivity contribution in [1.29, 1.82) is 0 Å². The second-order valence-electron chi connectivity index (χ2n) is 7.99. The number of nitrogens with zero attached hydrogens (tertiary/aromatic N) is 2. The molecule has 0 spiro atoms. The number of rotatable bonds is 8. The minimum atomic E-state index is -3.73. The smallest absolute Gasteiger partial charge is 0.243 e. The molecule has 0 radical (unpaired) electrons. The maximum atomic E-state index is 12.8. The van der Waals surface area contributed by atoms with Crippen LogP contribution in [0, 0.1) is 0 Å². The number of carbonyl (C=O) groups excluding carboxylic acids is 1. The van der Waals surface area contributed by atoms with Crippen LogP contribution in [0.4, 0.5) is 11.4 Å². The van der Waals surface area contributed by atoms with Gasteiger partial charge in [0, 0.05) is 25.3 Å². The van der Waals surface area contributed by atoms with Gasteiger partial charge in [-0.2, -0.15) is 0 Å². The van der Waals surface area contributed by atoms with Gasteiger partial charge in [0.2, 0.25) is 15.9 Å². The molecule has 1 N–H and O–H groups in total. The van der Waals surface area contributed by atoms with Crippen molar-refractivity contribution in [3.8, 4) is 5.75 Å². The quantitative estimate of drug-likeness (QED) is 0.622. The highest BCUT2D eigenvalue weighted by Crippen LogP contribution is 2.31. The molecule has 7 nitrogen and oxygen atoms in total. The zero-order valence-electron chi connectivity index (χ0n) is 18.7. The first-order valence-electron chi connectivity index (χ1n) is 10.7. The fourth-order valence-electron chi connectivity index (χ4n) is 3.91. The summed E-state index contributed by atoms with van der Waals surface area (Å²) >= 11 is 6.17. The first-order chi connectivity index (χ1) is 15.2. The Morgan fingerprint density at radius 2 is 1.81 bits per heavy atom. The fraction of sp³-hybridized carbons (Fsp3) is 0.435. The molecule has 1 heterocycles. The van der Waals surface area contributed by atoms with Gasteiger partial charge >= 0.3 is 0 Å². The largest absolute Gasteiger partial charge is 0.495 e. The second-order valence-corrected chi connectivity index (χ2v) is 10.3. The third-order valence-electron chi connectivity index (χ3n) is 5.60. The molecule has 9 heteroatoms. The van der Waals surface area contributed by atoms with Crippen molar-refractivity contribution in [2.24, 2.45) is 0 Å². The molecule has 0 aromatic heterocycles. The maximum absolute atomic E-state index is 12.8. The van der Waals surface area contributed by atoms with Gasteiger partial charge in [-0.3, -0.25) is 9.10 Å². The Kier molecular flexibility index (Phi) is 7.90. The topological polar surface area (TPSA) is 79.0 Å². The monoisotopic (exact) mass is 479 g/mol. The van der Waals surface area contributed by atoms with E-state index in [1.54, 1.807) is 19.1 Å². The number of anilines is 2. The van der Waals surface area contributed by atoms with Gasteiger partial charge in [0.25, 0.3) is 0 Å². The molecule has 1 atom stereocenters. The summed E-state index contributed by atoms with van der Waals surface area (Å²) in [5.74, 6) is 0.0245. The Bertz CT molecular complexity index is 1040. The van der Waals surface area contributed by atoms with Crippen LogP contribution in [0.15, 0.2) is 42.5 Å². The summed E-state index contributed by atoms with van der Waals surface area (Å²) in [7, 11) is -2.26. The highest BCUT2D eigenvalue weighted by molar-refractivity contribution is 7.92. The zero-order valence-corrected chi connectivity index (χ0v) is 20.2. The van der Waals surface area contributed by atoms with Crippen molar-refractivity contribution in [3.63, 3.8) is 0 Å². The Labute approximate surface area is 195 Å². The van der Waals surface area contributed by atoms with E-state index in [0.29, 0.717) is 18.0 Å². The highest BCUT2D eigenvalue weighted by Gasteiger charge is 2.29. The molecule has 174 valence electrons. The zero-order chi connectivity index (χ0) is 23.3. The van der Waals surface area contributed by atoms with Crippen LogP contribution in [0.3, 0.4) is 0 Å². The molecular weight excluding hydrogens is 450 g/mol. The van der Waals surface area contributed by atoms with Crippen molar-refractivity contribution in [2.45, 2.75) is 38.8 Å². The van der Waals surface area contributed by atoms with Gasteiger partial charge in [-0.25, -0.2) is 8.42 Å². The van der Waals surface area contributed by atoms with Gasteiger partial charge in [0.15, 0.2) is 0 Å². The van der Waals surface area contributed by atoms with E-state index in [4.69, 9.17) is 16.3 Å². The minimum absolute atomic E-state index is 0.264. The lowest BCUT2D eigenvalue weighted by molar-refractivity contribution is -0.122. The number of amides is 1. The third-order valence-corrected chi connectivity index (χ3v) is 7.14. The number of carbonyl (C=O) groups is 1. The normalized spacial score (nSPS) is 15.2. The molecule has 1 aliphatic heterocycles. The van der Waals surface area contributed by atoms with Crippen LogP contribution >= 0.6 is 11.6 Å². The molecule has 2 aromatic carbocycles. The number of benzene rings is 2. The van der Waals surface area contributed by atoms with Crippen LogP contribution in [0.5, 0.6) is 5.75 Å². The summed E-state index contributed by atoms with van der Waals surface area (Å²) in [5, 5.41) is 3.10. The molecular formula is C23H30ClN3O4S. The lowest BCUT2D eigenvalue weighted by Gasteiger charge is -2.29. The molecule has 1 amide bonds. The minimum Gasteiger partial charge on any atom is -0.495 e. The molecule has 0 saturated carbocycles. The van der Waals surface area contributed by atoms with E-state index in [9.17, 15) is 13.2 Å². The van der Waals surface area contributed by atoms with Crippen LogP contribution in [0.1, 0.15) is 31.7 Å². The number of halogens is 1. The van der Waals surface area contributed by atoms with E-state index in [0.717, 1.165) is 29.2 Å². The van der Waals surface area contributed by atoms with Crippen molar-refractivity contribution in [2.75, 3.05) is 35.7 Å². The molecule has 1 aliphatic rings. The molecule has 32 heavy (non-hydrogen) atoms. The summed E-state index contributed by atoms with van der Waals surface area (Å²) in [6, 6.07) is 11.8. The summed E-state index contributed by atoms with van der Waals surface area (Å²) in [6.07, 6.45) is 4.78. The average Bonchev–Trinajstić information content (AvgIpc) is 2.77. The standard InChI is InChI=1S/C23H30ClN3O4S/c1-17(27(32(3,29)30)20-11-12-22(31-2)21(24)15-20)23(28)25-16-18-7-9-19(10-8-18)26-13-5-4-6-14-26/h7-12,15,17H,4-6,13-14,16H2,1-3H3,(H,25,28). The number of nitrogens with one attached hydrogen (secondary N) is 1. The molecule has 2 aromatic rings. The Hall–Kier alpha value is -2.45. The van der Waals surface area contributed by atoms with E-state index in [1.807, 2.05) is 12.1 Å². The number of ether oxygens (including phenoxy) is 1. The van der Waals surface area contributed by atoms with Crippen LogP contribution in [-0.2, 0) is 21.4 Å². The van der Waals surface area contributed by atoms with Crippen LogP contribution in [0.25, 0.3) is 0 Å². The van der Waals surface area contributed by atoms with Crippen LogP contribution in [-0.4, -0.2) is 46.8 Å². The summed E-state index contributed by atoms with van der Waals surface area (Å²) < 4.78 is 31.1. The summed E-state index contributed by atoms with van der Waals surface area (Å²) in [5.41, 5.74) is 2.43. The van der Waals surface area contributed by atoms with Crippen molar-refractivity contribution >= 4 is 38.9 Å². The highest BCUT2D eigenvalue weighted by atomic mass is 35.5. The Morgan fingerprint density at radius 1 is 1.16 bits per heavy atom. The fourth-order valence-corrected chi connectivity index (χ4v) is 5.33. The maximum Gasteiger partial charge on any atom is 0.243 e. The number of methoxy groups -OCH3 is 1. The van der Waals surface area contributed by atoms with Crippen LogP contribution in [0.2, 0.25) is 5.02 Å². The predicted octanol–water partition coefficient (Wildman–Crippen LogP) is 3.81. The molecule has 3 rings (SSSR count). The van der Waals surface area contributed by atoms with E-state index < -0.39 is 22.0 Å². The van der Waals surface area contributed by atoms with E-state index in [-0.39, 0.29) is 5.02 Å². The van der Waals surface area contributed by atoms with E-state index in [1.165, 1.54) is 38.1 Å². The second kappa shape index (κ2) is 10.4. The SMILES string of the molecule is COc1ccc(N(C(C)C(=O)NCc2ccc(N3CCCCC3)cc2)S(C)(=O)=O)cc1Cl. The molecule has 0 bridgehead atoms. The molecule has 1 unspecified atom stereocenters. The number of hydrogen-bond acceptors (Lipinski definition) is 5. The van der Waals surface area contributed by atoms with Crippen molar-refractivity contribution < 1.29 is 17.9 Å². The van der Waals surface area contributed by atoms with Crippen molar-refractivity contribution in [1.82, 2.24) is 5.32 Å². The summed E-state index contributed by atoms with van der Waals surface area (Å²) in [6.45, 7) is 4.01. The van der Waals surface area contributed by atoms with Gasteiger partial charge in [-0.15, -0.1) is 0 Å². The van der Waals surface area contributed by atoms with E-state index in [2.05, 4.69) is 22.3 Å². The molecule has 1 saturated heterocycles. The Balaban J connectivity index is 1.68. The van der Waals surface area contributed by atoms with Gasteiger partial charge in [-0.05, 0) is 62.1 Å². The molecule has 0 aliphatic carbocycles. The Morgan fingerprint density at radius 3 is 2.38 bits per heavy atom. The first kappa shape index (κ1) is 24.2.